The Kier molecular flexibility index (Phi) is 4.91. The van der Waals surface area contributed by atoms with Crippen LogP contribution in [0.5, 0.6) is 0 Å². The molecule has 1 aliphatic rings. The lowest BCUT2D eigenvalue weighted by Gasteiger charge is -2.29. The van der Waals surface area contributed by atoms with Crippen molar-refractivity contribution >= 4 is 12.0 Å². The normalized spacial score (nSPS) is 16.6. The van der Waals surface area contributed by atoms with Crippen molar-refractivity contribution in [3.63, 3.8) is 0 Å². The van der Waals surface area contributed by atoms with Gasteiger partial charge in [-0.2, -0.15) is 0 Å². The molecule has 0 unspecified atom stereocenters. The second-order valence-electron chi connectivity index (χ2n) is 5.48. The first-order valence-electron chi connectivity index (χ1n) is 7.74. The van der Waals surface area contributed by atoms with Gasteiger partial charge in [0.15, 0.2) is 0 Å². The van der Waals surface area contributed by atoms with E-state index in [-0.39, 0.29) is 12.5 Å². The van der Waals surface area contributed by atoms with Crippen LogP contribution in [-0.4, -0.2) is 22.9 Å². The fourth-order valence-electron chi connectivity index (χ4n) is 2.54. The Hall–Kier alpha value is -3.08. The van der Waals surface area contributed by atoms with Gasteiger partial charge in [-0.25, -0.2) is 4.79 Å². The quantitative estimate of drug-likeness (QED) is 0.941. The van der Waals surface area contributed by atoms with E-state index in [9.17, 15) is 9.59 Å². The van der Waals surface area contributed by atoms with E-state index in [1.54, 1.807) is 6.20 Å². The van der Waals surface area contributed by atoms with Gasteiger partial charge < -0.3 is 10.1 Å². The molecule has 2 aromatic rings. The predicted octanol–water partition coefficient (Wildman–Crippen LogP) is 2.84. The molecule has 5 nitrogen and oxygen atoms in total. The number of amides is 2. The molecule has 3 rings (SSSR count). The van der Waals surface area contributed by atoms with Crippen LogP contribution in [0, 0.1) is 0 Å². The summed E-state index contributed by atoms with van der Waals surface area (Å²) in [5.74, 6) is -0.224. The van der Waals surface area contributed by atoms with E-state index in [0.717, 1.165) is 11.1 Å². The highest BCUT2D eigenvalue weighted by Gasteiger charge is 2.31. The van der Waals surface area contributed by atoms with Crippen LogP contribution in [0.1, 0.15) is 11.1 Å². The van der Waals surface area contributed by atoms with Crippen molar-refractivity contribution in [2.45, 2.75) is 19.1 Å². The van der Waals surface area contributed by atoms with Crippen LogP contribution in [0.15, 0.2) is 73.1 Å². The molecule has 5 heteroatoms. The van der Waals surface area contributed by atoms with Gasteiger partial charge in [-0.05, 0) is 11.1 Å². The third-order valence-electron chi connectivity index (χ3n) is 3.79. The molecule has 122 valence electrons. The molecular weight excluding hydrogens is 304 g/mol. The van der Waals surface area contributed by atoms with E-state index in [1.807, 2.05) is 60.7 Å². The standard InChI is InChI=1S/C19H18N2O3/c22-18-17(13-15-7-3-1-4-8-15)21(12-11-20-18)19(23)24-14-16-9-5-2-6-10-16/h1-12,17H,13-14H2,(H,20,22)/t17-/m0/s1. The smallest absolute Gasteiger partial charge is 0.414 e. The van der Waals surface area contributed by atoms with Gasteiger partial charge in [0.25, 0.3) is 0 Å². The summed E-state index contributed by atoms with van der Waals surface area (Å²) >= 11 is 0. The molecule has 1 N–H and O–H groups in total. The number of nitrogens with zero attached hydrogens (tertiary/aromatic N) is 1. The molecule has 0 aliphatic carbocycles. The summed E-state index contributed by atoms with van der Waals surface area (Å²) in [6.07, 6.45) is 2.89. The van der Waals surface area contributed by atoms with Gasteiger partial charge >= 0.3 is 6.09 Å². The van der Waals surface area contributed by atoms with Crippen molar-refractivity contribution in [2.75, 3.05) is 0 Å². The van der Waals surface area contributed by atoms with Crippen LogP contribution in [0.4, 0.5) is 4.79 Å². The molecule has 1 aliphatic heterocycles. The molecule has 0 spiro atoms. The van der Waals surface area contributed by atoms with Crippen molar-refractivity contribution in [3.8, 4) is 0 Å². The third-order valence-corrected chi connectivity index (χ3v) is 3.79. The van der Waals surface area contributed by atoms with Crippen LogP contribution in [-0.2, 0) is 22.6 Å². The van der Waals surface area contributed by atoms with Crippen LogP contribution < -0.4 is 5.32 Å². The summed E-state index contributed by atoms with van der Waals surface area (Å²) in [4.78, 5) is 25.9. The minimum absolute atomic E-state index is 0.170. The number of carbonyl (C=O) groups excluding carboxylic acids is 2. The van der Waals surface area contributed by atoms with Gasteiger partial charge in [-0.15, -0.1) is 0 Å². The van der Waals surface area contributed by atoms with Gasteiger partial charge in [0.2, 0.25) is 5.91 Å². The first-order chi connectivity index (χ1) is 11.7. The lowest BCUT2D eigenvalue weighted by Crippen LogP contribution is -2.50. The van der Waals surface area contributed by atoms with Gasteiger partial charge in [0.05, 0.1) is 0 Å². The summed E-state index contributed by atoms with van der Waals surface area (Å²) in [6, 6.07) is 18.4. The maximum Gasteiger partial charge on any atom is 0.414 e. The topological polar surface area (TPSA) is 58.6 Å². The summed E-state index contributed by atoms with van der Waals surface area (Å²) in [5.41, 5.74) is 1.88. The average molecular weight is 322 g/mol. The molecule has 0 aromatic heterocycles. The summed E-state index contributed by atoms with van der Waals surface area (Å²) in [6.45, 7) is 0.170. The molecule has 0 bridgehead atoms. The van der Waals surface area contributed by atoms with E-state index >= 15 is 0 Å². The molecule has 0 radical (unpaired) electrons. The van der Waals surface area contributed by atoms with Gasteiger partial charge in [0, 0.05) is 18.8 Å². The number of carbonyl (C=O) groups is 2. The minimum atomic E-state index is -0.624. The van der Waals surface area contributed by atoms with E-state index in [0.29, 0.717) is 6.42 Å². The third kappa shape index (κ3) is 3.81. The Balaban J connectivity index is 1.69. The molecular formula is C19H18N2O3. The molecule has 1 atom stereocenters. The summed E-state index contributed by atoms with van der Waals surface area (Å²) in [5, 5.41) is 2.64. The monoisotopic (exact) mass is 322 g/mol. The number of benzene rings is 2. The highest BCUT2D eigenvalue weighted by Crippen LogP contribution is 2.15. The highest BCUT2D eigenvalue weighted by molar-refractivity contribution is 5.88. The zero-order chi connectivity index (χ0) is 16.8. The van der Waals surface area contributed by atoms with E-state index in [2.05, 4.69) is 5.32 Å². The minimum Gasteiger partial charge on any atom is -0.444 e. The number of hydrogen-bond donors (Lipinski definition) is 1. The molecule has 2 aromatic carbocycles. The predicted molar refractivity (Wildman–Crippen MR) is 89.7 cm³/mol. The Morgan fingerprint density at radius 2 is 1.62 bits per heavy atom. The van der Waals surface area contributed by atoms with Crippen molar-refractivity contribution < 1.29 is 14.3 Å². The second-order valence-corrected chi connectivity index (χ2v) is 5.48. The van der Waals surface area contributed by atoms with Crippen molar-refractivity contribution in [3.05, 3.63) is 84.2 Å². The van der Waals surface area contributed by atoms with Crippen molar-refractivity contribution in [1.29, 1.82) is 0 Å². The highest BCUT2D eigenvalue weighted by atomic mass is 16.6. The number of nitrogens with one attached hydrogen (secondary N) is 1. The van der Waals surface area contributed by atoms with Gasteiger partial charge in [0.1, 0.15) is 12.6 Å². The zero-order valence-corrected chi connectivity index (χ0v) is 13.1. The number of hydrogen-bond acceptors (Lipinski definition) is 3. The van der Waals surface area contributed by atoms with Crippen molar-refractivity contribution in [1.82, 2.24) is 10.2 Å². The summed E-state index contributed by atoms with van der Waals surface area (Å²) in [7, 11) is 0. The Morgan fingerprint density at radius 3 is 2.29 bits per heavy atom. The maximum absolute atomic E-state index is 12.4. The molecule has 0 fully saturated rings. The second kappa shape index (κ2) is 7.46. The molecule has 0 saturated heterocycles. The van der Waals surface area contributed by atoms with Crippen LogP contribution in [0.25, 0.3) is 0 Å². The lowest BCUT2D eigenvalue weighted by molar-refractivity contribution is -0.125. The first-order valence-corrected chi connectivity index (χ1v) is 7.74. The molecule has 2 amide bonds. The fourth-order valence-corrected chi connectivity index (χ4v) is 2.54. The lowest BCUT2D eigenvalue weighted by atomic mass is 10.0. The van der Waals surface area contributed by atoms with Gasteiger partial charge in [-0.1, -0.05) is 60.7 Å². The van der Waals surface area contributed by atoms with Crippen molar-refractivity contribution in [2.24, 2.45) is 0 Å². The van der Waals surface area contributed by atoms with Crippen LogP contribution in [0.2, 0.25) is 0 Å². The van der Waals surface area contributed by atoms with Crippen LogP contribution >= 0.6 is 0 Å². The van der Waals surface area contributed by atoms with E-state index in [4.69, 9.17) is 4.74 Å². The molecule has 24 heavy (non-hydrogen) atoms. The molecule has 0 saturated carbocycles. The van der Waals surface area contributed by atoms with Gasteiger partial charge in [-0.3, -0.25) is 9.69 Å². The maximum atomic E-state index is 12.4. The number of ether oxygens (including phenoxy) is 1. The Bertz CT molecular complexity index is 729. The van der Waals surface area contributed by atoms with Crippen LogP contribution in [0.3, 0.4) is 0 Å². The number of rotatable bonds is 4. The SMILES string of the molecule is O=C1NC=CN(C(=O)OCc2ccccc2)[C@H]1Cc1ccccc1. The first kappa shape index (κ1) is 15.8. The van der Waals surface area contributed by atoms with E-state index in [1.165, 1.54) is 11.1 Å². The van der Waals surface area contributed by atoms with E-state index < -0.39 is 12.1 Å². The average Bonchev–Trinajstić information content (AvgIpc) is 2.63. The zero-order valence-electron chi connectivity index (χ0n) is 13.1. The Morgan fingerprint density at radius 1 is 1.00 bits per heavy atom. The summed E-state index contributed by atoms with van der Waals surface area (Å²) < 4.78 is 5.34. The Labute approximate surface area is 140 Å². The fraction of sp³-hybridized carbons (Fsp3) is 0.158. The molecule has 1 heterocycles. The largest absolute Gasteiger partial charge is 0.444 e.